The van der Waals surface area contributed by atoms with Gasteiger partial charge in [0.2, 0.25) is 0 Å². The van der Waals surface area contributed by atoms with Crippen LogP contribution in [0.3, 0.4) is 0 Å². The Morgan fingerprint density at radius 3 is 0.771 bits per heavy atom. The average molecular weight is 1150 g/mol. The molecule has 83 heavy (non-hydrogen) atoms. The van der Waals surface area contributed by atoms with Crippen molar-refractivity contribution in [1.29, 1.82) is 0 Å². The Labute approximate surface area is 512 Å². The maximum Gasteiger partial charge on any atom is 0.306 e. The second kappa shape index (κ2) is 69.8. The zero-order valence-electron chi connectivity index (χ0n) is 53.9. The molecule has 0 bridgehead atoms. The van der Waals surface area contributed by atoms with E-state index < -0.39 is 6.10 Å². The number of hydrogen-bond acceptors (Lipinski definition) is 6. The number of allylic oxidation sites excluding steroid dienone is 24. The third kappa shape index (κ3) is 68.0. The molecule has 6 heteroatoms. The van der Waals surface area contributed by atoms with E-state index in [1.165, 1.54) is 122 Å². The van der Waals surface area contributed by atoms with E-state index in [-0.39, 0.29) is 37.5 Å². The van der Waals surface area contributed by atoms with Crippen molar-refractivity contribution in [3.8, 4) is 0 Å². The van der Waals surface area contributed by atoms with Gasteiger partial charge < -0.3 is 14.2 Å². The first kappa shape index (κ1) is 78.3. The van der Waals surface area contributed by atoms with Crippen LogP contribution in [0.15, 0.2) is 146 Å². The molecule has 0 rings (SSSR count). The molecule has 470 valence electrons. The Bertz CT molecular complexity index is 1800. The van der Waals surface area contributed by atoms with Gasteiger partial charge in [0, 0.05) is 19.3 Å². The minimum atomic E-state index is -0.811. The molecule has 6 nitrogen and oxygen atoms in total. The van der Waals surface area contributed by atoms with Gasteiger partial charge in [-0.05, 0) is 141 Å². The molecule has 0 amide bonds. The highest BCUT2D eigenvalue weighted by Crippen LogP contribution is 2.16. The van der Waals surface area contributed by atoms with Crippen molar-refractivity contribution in [3.63, 3.8) is 0 Å². The van der Waals surface area contributed by atoms with Gasteiger partial charge in [0.1, 0.15) is 13.2 Å². The van der Waals surface area contributed by atoms with Crippen LogP contribution in [0.4, 0.5) is 0 Å². The summed E-state index contributed by atoms with van der Waals surface area (Å²) in [5.41, 5.74) is 0. The number of esters is 3. The smallest absolute Gasteiger partial charge is 0.306 e. The molecule has 1 atom stereocenters. The summed E-state index contributed by atoms with van der Waals surface area (Å²) in [4.78, 5) is 38.4. The van der Waals surface area contributed by atoms with E-state index in [4.69, 9.17) is 14.2 Å². The predicted molar refractivity (Wildman–Crippen MR) is 362 cm³/mol. The van der Waals surface area contributed by atoms with E-state index in [0.29, 0.717) is 19.3 Å². The lowest BCUT2D eigenvalue weighted by Gasteiger charge is -2.18. The normalized spacial score (nSPS) is 13.0. The summed E-state index contributed by atoms with van der Waals surface area (Å²) in [6.45, 7) is 6.37. The Balaban J connectivity index is 4.32. The number of ether oxygens (including phenoxy) is 3. The summed E-state index contributed by atoms with van der Waals surface area (Å²) in [6, 6.07) is 0. The van der Waals surface area contributed by atoms with E-state index in [2.05, 4.69) is 167 Å². The number of rotatable bonds is 61. The maximum absolute atomic E-state index is 12.9. The summed E-state index contributed by atoms with van der Waals surface area (Å²) in [6.07, 6.45) is 100. The minimum Gasteiger partial charge on any atom is -0.462 e. The minimum absolute atomic E-state index is 0.101. The van der Waals surface area contributed by atoms with Gasteiger partial charge in [-0.2, -0.15) is 0 Å². The Hall–Kier alpha value is -4.71. The van der Waals surface area contributed by atoms with Crippen LogP contribution in [0.5, 0.6) is 0 Å². The standard InChI is InChI=1S/C77H126O6/c1-4-7-10-13-16-19-22-25-27-29-31-33-34-35-36-37-38-39-40-41-42-44-45-47-49-52-55-58-61-64-67-70-76(79)82-73-74(72-81-75(78)69-66-63-60-57-54-51-24-21-18-15-12-9-6-3)83-77(80)71-68-65-62-59-56-53-50-48-46-43-32-30-28-26-23-20-17-14-11-8-5-2/h7-8,10-11,16-17,19-21,24-28,31-33,35-36,43,48,50,56,59,74H,4-6,9,12-15,18,22-23,29-30,34,37-42,44-47,49,51-55,57-58,60-73H2,1-3H3/b10-7-,11-8-,19-16-,20-17-,24-21-,27-25-,28-26-,33-31-,36-35-,43-32-,50-48-,59-56-. The summed E-state index contributed by atoms with van der Waals surface area (Å²) in [5, 5.41) is 0. The quantitative estimate of drug-likeness (QED) is 0.0261. The van der Waals surface area contributed by atoms with Gasteiger partial charge in [0.05, 0.1) is 0 Å². The van der Waals surface area contributed by atoms with Crippen LogP contribution < -0.4 is 0 Å². The summed E-state index contributed by atoms with van der Waals surface area (Å²) in [5.74, 6) is -0.950. The van der Waals surface area contributed by atoms with Crippen molar-refractivity contribution >= 4 is 17.9 Å². The highest BCUT2D eigenvalue weighted by molar-refractivity contribution is 5.71. The molecule has 0 N–H and O–H groups in total. The zero-order chi connectivity index (χ0) is 59.9. The second-order valence-electron chi connectivity index (χ2n) is 22.3. The molecule has 0 aromatic rings. The fraction of sp³-hybridized carbons (Fsp3) is 0.649. The van der Waals surface area contributed by atoms with Crippen LogP contribution in [0, 0.1) is 0 Å². The second-order valence-corrected chi connectivity index (χ2v) is 22.3. The number of unbranched alkanes of at least 4 members (excludes halogenated alkanes) is 26. The SMILES string of the molecule is CC/C=C\C/C=C\C/C=C\C/C=C\C/C=C\C/C=C\CCCCC(=O)OC(COC(=O)CCCCCCC/C=C\CCCCCC)COC(=O)CCCCCCCCCCCCCCCCC/C=C\C/C=C\C/C=C\C/C=C\C/C=C\CC. The van der Waals surface area contributed by atoms with Gasteiger partial charge >= 0.3 is 17.9 Å². The van der Waals surface area contributed by atoms with Crippen molar-refractivity contribution in [1.82, 2.24) is 0 Å². The zero-order valence-corrected chi connectivity index (χ0v) is 53.9. The van der Waals surface area contributed by atoms with Crippen LogP contribution in [0.25, 0.3) is 0 Å². The van der Waals surface area contributed by atoms with Crippen molar-refractivity contribution in [2.24, 2.45) is 0 Å². The fourth-order valence-corrected chi connectivity index (χ4v) is 9.23. The van der Waals surface area contributed by atoms with Gasteiger partial charge in [-0.1, -0.05) is 289 Å². The number of carbonyl (C=O) groups is 3. The summed E-state index contributed by atoms with van der Waals surface area (Å²) < 4.78 is 16.9. The van der Waals surface area contributed by atoms with Gasteiger partial charge in [-0.15, -0.1) is 0 Å². The van der Waals surface area contributed by atoms with Gasteiger partial charge in [0.25, 0.3) is 0 Å². The van der Waals surface area contributed by atoms with E-state index in [1.54, 1.807) is 0 Å². The van der Waals surface area contributed by atoms with E-state index in [9.17, 15) is 14.4 Å². The van der Waals surface area contributed by atoms with Crippen molar-refractivity contribution in [2.75, 3.05) is 13.2 Å². The molecule has 0 aliphatic carbocycles. The van der Waals surface area contributed by atoms with E-state index >= 15 is 0 Å². The fourth-order valence-electron chi connectivity index (χ4n) is 9.23. The monoisotopic (exact) mass is 1150 g/mol. The third-order valence-corrected chi connectivity index (χ3v) is 14.3. The molecule has 1 unspecified atom stereocenters. The molecule has 0 heterocycles. The molecule has 0 aliphatic rings. The molecule has 0 radical (unpaired) electrons. The van der Waals surface area contributed by atoms with Gasteiger partial charge in [-0.3, -0.25) is 14.4 Å². The van der Waals surface area contributed by atoms with E-state index in [0.717, 1.165) is 135 Å². The first-order valence-corrected chi connectivity index (χ1v) is 34.3. The van der Waals surface area contributed by atoms with Crippen LogP contribution in [-0.2, 0) is 28.6 Å². The highest BCUT2D eigenvalue weighted by Gasteiger charge is 2.19. The molecule has 0 saturated carbocycles. The molecule has 0 aromatic heterocycles. The lowest BCUT2D eigenvalue weighted by Crippen LogP contribution is -2.30. The third-order valence-electron chi connectivity index (χ3n) is 14.3. The van der Waals surface area contributed by atoms with Crippen molar-refractivity contribution in [3.05, 3.63) is 146 Å². The van der Waals surface area contributed by atoms with Gasteiger partial charge in [0.15, 0.2) is 6.10 Å². The van der Waals surface area contributed by atoms with Crippen LogP contribution in [-0.4, -0.2) is 37.2 Å². The lowest BCUT2D eigenvalue weighted by molar-refractivity contribution is -0.167. The average Bonchev–Trinajstić information content (AvgIpc) is 3.49. The maximum atomic E-state index is 12.9. The molecule has 0 fully saturated rings. The van der Waals surface area contributed by atoms with Crippen LogP contribution >= 0.6 is 0 Å². The lowest BCUT2D eigenvalue weighted by atomic mass is 10.0. The van der Waals surface area contributed by atoms with Crippen LogP contribution in [0.2, 0.25) is 0 Å². The Kier molecular flexibility index (Phi) is 65.8. The first-order valence-electron chi connectivity index (χ1n) is 34.3. The van der Waals surface area contributed by atoms with Gasteiger partial charge in [-0.25, -0.2) is 0 Å². The number of hydrogen-bond donors (Lipinski definition) is 0. The molecule has 0 aliphatic heterocycles. The highest BCUT2D eigenvalue weighted by atomic mass is 16.6. The summed E-state index contributed by atoms with van der Waals surface area (Å²) >= 11 is 0. The van der Waals surface area contributed by atoms with Crippen molar-refractivity contribution in [2.45, 2.75) is 309 Å². The Morgan fingerprint density at radius 2 is 0.470 bits per heavy atom. The number of carbonyl (C=O) groups excluding carboxylic acids is 3. The molecule has 0 spiro atoms. The van der Waals surface area contributed by atoms with Crippen LogP contribution in [0.1, 0.15) is 303 Å². The first-order chi connectivity index (χ1) is 41.0. The predicted octanol–water partition coefficient (Wildman–Crippen LogP) is 23.9. The molecular weight excluding hydrogens is 1020 g/mol. The molecule has 0 saturated heterocycles. The van der Waals surface area contributed by atoms with E-state index in [1.807, 2.05) is 0 Å². The summed E-state index contributed by atoms with van der Waals surface area (Å²) in [7, 11) is 0. The topological polar surface area (TPSA) is 78.9 Å². The molecular formula is C77H126O6. The molecule has 0 aromatic carbocycles. The van der Waals surface area contributed by atoms with Crippen molar-refractivity contribution < 1.29 is 28.6 Å². The Morgan fingerprint density at radius 1 is 0.253 bits per heavy atom. The largest absolute Gasteiger partial charge is 0.462 e.